The summed E-state index contributed by atoms with van der Waals surface area (Å²) in [6, 6.07) is 4.10. The van der Waals surface area contributed by atoms with Gasteiger partial charge in [-0.25, -0.2) is 0 Å². The summed E-state index contributed by atoms with van der Waals surface area (Å²) in [5.41, 5.74) is 0.348. The number of aliphatic hydroxyl groups is 1. The quantitative estimate of drug-likeness (QED) is 0.437. The predicted molar refractivity (Wildman–Crippen MR) is 114 cm³/mol. The molecule has 2 rings (SSSR count). The first-order valence-electron chi connectivity index (χ1n) is 10.4. The van der Waals surface area contributed by atoms with Gasteiger partial charge in [0.2, 0.25) is 0 Å². The van der Waals surface area contributed by atoms with Crippen molar-refractivity contribution < 1.29 is 9.84 Å². The second kappa shape index (κ2) is 11.3. The van der Waals surface area contributed by atoms with Crippen molar-refractivity contribution in [3.63, 3.8) is 0 Å². The summed E-state index contributed by atoms with van der Waals surface area (Å²) < 4.78 is 5.38. The number of nitrogens with one attached hydrogen (secondary N) is 2. The number of morpholine rings is 1. The van der Waals surface area contributed by atoms with Crippen LogP contribution in [0.3, 0.4) is 0 Å². The molecule has 0 radical (unpaired) electrons. The van der Waals surface area contributed by atoms with Crippen LogP contribution in [0.15, 0.2) is 29.5 Å². The maximum Gasteiger partial charge on any atom is 0.191 e. The number of hydrogen-bond acceptors (Lipinski definition) is 5. The summed E-state index contributed by atoms with van der Waals surface area (Å²) in [6.45, 7) is 14.0. The molecule has 2 unspecified atom stereocenters. The van der Waals surface area contributed by atoms with E-state index in [2.05, 4.69) is 45.4 Å². The summed E-state index contributed by atoms with van der Waals surface area (Å²) in [5, 5.41) is 17.5. The maximum absolute atomic E-state index is 10.8. The first-order valence-corrected chi connectivity index (χ1v) is 10.4. The van der Waals surface area contributed by atoms with Gasteiger partial charge in [0.05, 0.1) is 25.4 Å². The number of nitrogens with zero attached hydrogens (tertiary/aromatic N) is 3. The Kier molecular flexibility index (Phi) is 9.15. The van der Waals surface area contributed by atoms with Crippen LogP contribution >= 0.6 is 0 Å². The largest absolute Gasteiger partial charge is 0.387 e. The van der Waals surface area contributed by atoms with Crippen LogP contribution in [-0.2, 0) is 4.74 Å². The number of hydrogen-bond donors (Lipinski definition) is 3. The molecule has 158 valence electrons. The fourth-order valence-electron chi connectivity index (χ4n) is 3.42. The molecule has 2 atom stereocenters. The zero-order valence-corrected chi connectivity index (χ0v) is 17.8. The van der Waals surface area contributed by atoms with Crippen LogP contribution in [0.1, 0.15) is 39.2 Å². The lowest BCUT2D eigenvalue weighted by molar-refractivity contribution is -0.0180. The lowest BCUT2D eigenvalue weighted by Crippen LogP contribution is -2.48. The van der Waals surface area contributed by atoms with Crippen LogP contribution in [0, 0.1) is 5.92 Å². The van der Waals surface area contributed by atoms with E-state index in [0.717, 1.165) is 45.4 Å². The van der Waals surface area contributed by atoms with Crippen molar-refractivity contribution in [2.75, 3.05) is 52.5 Å². The molecular weight excluding hydrogens is 354 g/mol. The standard InChI is InChI=1S/C21H37N5O2/c1-5-23-20(24-14-19(17(2)3)18-7-6-8-22-13-18)25-15-21(4,27)16-26-9-11-28-12-10-26/h6-8,13,17,19,27H,5,9-12,14-16H2,1-4H3,(H2,23,24,25). The van der Waals surface area contributed by atoms with E-state index in [0.29, 0.717) is 24.9 Å². The van der Waals surface area contributed by atoms with Gasteiger partial charge >= 0.3 is 0 Å². The zero-order valence-electron chi connectivity index (χ0n) is 17.8. The van der Waals surface area contributed by atoms with Crippen LogP contribution in [0.25, 0.3) is 0 Å². The number of aromatic nitrogens is 1. The molecule has 7 heteroatoms. The first-order chi connectivity index (χ1) is 13.4. The number of guanidine groups is 1. The van der Waals surface area contributed by atoms with E-state index in [1.807, 2.05) is 26.1 Å². The second-order valence-corrected chi connectivity index (χ2v) is 8.10. The van der Waals surface area contributed by atoms with Crippen molar-refractivity contribution in [2.45, 2.75) is 39.2 Å². The minimum Gasteiger partial charge on any atom is -0.387 e. The Morgan fingerprint density at radius 1 is 1.36 bits per heavy atom. The smallest absolute Gasteiger partial charge is 0.191 e. The van der Waals surface area contributed by atoms with Gasteiger partial charge in [0.1, 0.15) is 0 Å². The van der Waals surface area contributed by atoms with Gasteiger partial charge in [0.15, 0.2) is 5.96 Å². The molecule has 0 bridgehead atoms. The van der Waals surface area contributed by atoms with Gasteiger partial charge in [-0.2, -0.15) is 0 Å². The van der Waals surface area contributed by atoms with Crippen LogP contribution in [0.5, 0.6) is 0 Å². The number of aliphatic imine (C=N–C) groups is 1. The molecular formula is C21H37N5O2. The molecule has 0 aliphatic carbocycles. The predicted octanol–water partition coefficient (Wildman–Crippen LogP) is 1.46. The van der Waals surface area contributed by atoms with Crippen molar-refractivity contribution in [1.29, 1.82) is 0 Å². The summed E-state index contributed by atoms with van der Waals surface area (Å²) in [7, 11) is 0. The molecule has 28 heavy (non-hydrogen) atoms. The van der Waals surface area contributed by atoms with Crippen LogP contribution in [0.4, 0.5) is 0 Å². The highest BCUT2D eigenvalue weighted by molar-refractivity contribution is 5.79. The van der Waals surface area contributed by atoms with E-state index >= 15 is 0 Å². The fraction of sp³-hybridized carbons (Fsp3) is 0.714. The molecule has 1 aromatic rings. The zero-order chi connectivity index (χ0) is 20.4. The molecule has 1 aromatic heterocycles. The molecule has 0 saturated carbocycles. The average molecular weight is 392 g/mol. The Balaban J connectivity index is 1.94. The number of β-amino-alcohol motifs (C(OH)–C–C–N with tert-alkyl or cyclic N) is 1. The Morgan fingerprint density at radius 3 is 2.71 bits per heavy atom. The summed E-state index contributed by atoms with van der Waals surface area (Å²) in [6.07, 6.45) is 3.74. The molecule has 2 heterocycles. The minimum atomic E-state index is -0.875. The van der Waals surface area contributed by atoms with Crippen LogP contribution in [-0.4, -0.2) is 79.0 Å². The van der Waals surface area contributed by atoms with Gasteiger partial charge < -0.3 is 20.5 Å². The molecule has 3 N–H and O–H groups in total. The van der Waals surface area contributed by atoms with E-state index in [4.69, 9.17) is 4.74 Å². The van der Waals surface area contributed by atoms with Crippen molar-refractivity contribution in [3.8, 4) is 0 Å². The van der Waals surface area contributed by atoms with E-state index in [9.17, 15) is 5.11 Å². The number of rotatable bonds is 9. The molecule has 0 spiro atoms. The molecule has 1 aliphatic heterocycles. The molecule has 0 aromatic carbocycles. The second-order valence-electron chi connectivity index (χ2n) is 8.10. The average Bonchev–Trinajstić information content (AvgIpc) is 2.67. The van der Waals surface area contributed by atoms with Crippen molar-refractivity contribution in [2.24, 2.45) is 10.9 Å². The monoisotopic (exact) mass is 391 g/mol. The topological polar surface area (TPSA) is 82.0 Å². The first kappa shape index (κ1) is 22.6. The normalized spacial score (nSPS) is 19.3. The Morgan fingerprint density at radius 2 is 2.11 bits per heavy atom. The van der Waals surface area contributed by atoms with Gasteiger partial charge in [-0.3, -0.25) is 14.9 Å². The Labute approximate surface area is 169 Å². The highest BCUT2D eigenvalue weighted by atomic mass is 16.5. The van der Waals surface area contributed by atoms with E-state index in [1.54, 1.807) is 6.20 Å². The van der Waals surface area contributed by atoms with Gasteiger partial charge in [-0.15, -0.1) is 0 Å². The minimum absolute atomic E-state index is 0.339. The van der Waals surface area contributed by atoms with Crippen molar-refractivity contribution >= 4 is 5.96 Å². The van der Waals surface area contributed by atoms with E-state index in [-0.39, 0.29) is 0 Å². The molecule has 1 saturated heterocycles. The summed E-state index contributed by atoms with van der Waals surface area (Å²) >= 11 is 0. The lowest BCUT2D eigenvalue weighted by Gasteiger charge is -2.33. The third-order valence-electron chi connectivity index (χ3n) is 5.00. The molecule has 1 fully saturated rings. The van der Waals surface area contributed by atoms with Gasteiger partial charge in [0.25, 0.3) is 0 Å². The van der Waals surface area contributed by atoms with Crippen molar-refractivity contribution in [3.05, 3.63) is 30.1 Å². The Bertz CT molecular complexity index is 586. The highest BCUT2D eigenvalue weighted by Gasteiger charge is 2.25. The molecule has 7 nitrogen and oxygen atoms in total. The third-order valence-corrected chi connectivity index (χ3v) is 5.00. The SMILES string of the molecule is CCNC(=NCC(C)(O)CN1CCOCC1)NCC(c1cccnc1)C(C)C. The van der Waals surface area contributed by atoms with E-state index in [1.165, 1.54) is 5.56 Å². The van der Waals surface area contributed by atoms with E-state index < -0.39 is 5.60 Å². The highest BCUT2D eigenvalue weighted by Crippen LogP contribution is 2.22. The van der Waals surface area contributed by atoms with Crippen molar-refractivity contribution in [1.82, 2.24) is 20.5 Å². The molecule has 0 amide bonds. The van der Waals surface area contributed by atoms with Gasteiger partial charge in [-0.1, -0.05) is 19.9 Å². The third kappa shape index (κ3) is 7.73. The summed E-state index contributed by atoms with van der Waals surface area (Å²) in [4.78, 5) is 11.1. The number of pyridine rings is 1. The van der Waals surface area contributed by atoms with Crippen LogP contribution in [0.2, 0.25) is 0 Å². The summed E-state index contributed by atoms with van der Waals surface area (Å²) in [5.74, 6) is 1.55. The van der Waals surface area contributed by atoms with Gasteiger partial charge in [-0.05, 0) is 31.4 Å². The number of ether oxygens (including phenoxy) is 1. The fourth-order valence-corrected chi connectivity index (χ4v) is 3.42. The molecule has 1 aliphatic rings. The lowest BCUT2D eigenvalue weighted by atomic mass is 9.89. The van der Waals surface area contributed by atoms with Crippen LogP contribution < -0.4 is 10.6 Å². The Hall–Kier alpha value is -1.70. The van der Waals surface area contributed by atoms with Gasteiger partial charge in [0, 0.05) is 51.0 Å². The maximum atomic E-state index is 10.8.